The van der Waals surface area contributed by atoms with Crippen molar-refractivity contribution in [3.05, 3.63) is 83.7 Å². The third-order valence-corrected chi connectivity index (χ3v) is 4.95. The number of ether oxygens (including phenoxy) is 2. The standard InChI is InChI=1S/C26H28FN3O4/c1-4-34-20-12-10-19(11-13-20)28-26(32)21-7-5-6-8-23(21)29-25(31)17-30(2)16-18-9-14-24(33-3)22(27)15-18/h5-15H,4,16-17H2,1-3H3,(H,28,32)(H,29,31). The van der Waals surface area contributed by atoms with Crippen molar-refractivity contribution in [3.63, 3.8) is 0 Å². The van der Waals surface area contributed by atoms with E-state index >= 15 is 0 Å². The van der Waals surface area contributed by atoms with Crippen molar-refractivity contribution < 1.29 is 23.5 Å². The highest BCUT2D eigenvalue weighted by molar-refractivity contribution is 6.10. The van der Waals surface area contributed by atoms with E-state index in [1.165, 1.54) is 13.2 Å². The van der Waals surface area contributed by atoms with Crippen molar-refractivity contribution in [2.75, 3.05) is 37.9 Å². The second-order valence-electron chi connectivity index (χ2n) is 7.65. The number of hydrogen-bond acceptors (Lipinski definition) is 5. The van der Waals surface area contributed by atoms with E-state index in [0.29, 0.717) is 35.7 Å². The summed E-state index contributed by atoms with van der Waals surface area (Å²) in [4.78, 5) is 27.2. The van der Waals surface area contributed by atoms with Gasteiger partial charge in [0, 0.05) is 12.2 Å². The summed E-state index contributed by atoms with van der Waals surface area (Å²) < 4.78 is 24.3. The number of nitrogens with zero attached hydrogens (tertiary/aromatic N) is 1. The number of rotatable bonds is 10. The normalized spacial score (nSPS) is 10.6. The zero-order valence-corrected chi connectivity index (χ0v) is 19.4. The van der Waals surface area contributed by atoms with E-state index in [1.807, 2.05) is 6.92 Å². The summed E-state index contributed by atoms with van der Waals surface area (Å²) in [6.07, 6.45) is 0. The van der Waals surface area contributed by atoms with Gasteiger partial charge in [-0.15, -0.1) is 0 Å². The zero-order valence-electron chi connectivity index (χ0n) is 19.4. The van der Waals surface area contributed by atoms with Gasteiger partial charge in [0.05, 0.1) is 31.5 Å². The number of methoxy groups -OCH3 is 1. The van der Waals surface area contributed by atoms with Crippen LogP contribution >= 0.6 is 0 Å². The average Bonchev–Trinajstić information content (AvgIpc) is 2.81. The molecule has 3 rings (SSSR count). The molecule has 178 valence electrons. The van der Waals surface area contributed by atoms with Crippen molar-refractivity contribution in [2.45, 2.75) is 13.5 Å². The number of carbonyl (C=O) groups excluding carboxylic acids is 2. The smallest absolute Gasteiger partial charge is 0.257 e. The van der Waals surface area contributed by atoms with Crippen LogP contribution in [0.4, 0.5) is 15.8 Å². The monoisotopic (exact) mass is 465 g/mol. The number of nitrogens with one attached hydrogen (secondary N) is 2. The Bertz CT molecular complexity index is 1140. The van der Waals surface area contributed by atoms with Crippen molar-refractivity contribution in [2.24, 2.45) is 0 Å². The summed E-state index contributed by atoms with van der Waals surface area (Å²) >= 11 is 0. The van der Waals surface area contributed by atoms with Gasteiger partial charge in [-0.3, -0.25) is 14.5 Å². The summed E-state index contributed by atoms with van der Waals surface area (Å²) in [5, 5.41) is 5.62. The highest BCUT2D eigenvalue weighted by Crippen LogP contribution is 2.21. The van der Waals surface area contributed by atoms with Gasteiger partial charge in [-0.25, -0.2) is 4.39 Å². The Kier molecular flexibility index (Phi) is 8.59. The lowest BCUT2D eigenvalue weighted by molar-refractivity contribution is -0.117. The molecule has 3 aromatic rings. The fourth-order valence-corrected chi connectivity index (χ4v) is 3.40. The third-order valence-electron chi connectivity index (χ3n) is 4.95. The minimum atomic E-state index is -0.453. The maximum absolute atomic E-state index is 13.9. The van der Waals surface area contributed by atoms with Crippen LogP contribution in [0.3, 0.4) is 0 Å². The second kappa shape index (κ2) is 11.8. The molecular formula is C26H28FN3O4. The molecule has 0 saturated carbocycles. The van der Waals surface area contributed by atoms with Gasteiger partial charge < -0.3 is 20.1 Å². The summed E-state index contributed by atoms with van der Waals surface area (Å²) in [5.41, 5.74) is 2.06. The maximum Gasteiger partial charge on any atom is 0.257 e. The molecule has 0 atom stereocenters. The van der Waals surface area contributed by atoms with E-state index in [4.69, 9.17) is 9.47 Å². The van der Waals surface area contributed by atoms with Gasteiger partial charge in [0.15, 0.2) is 11.6 Å². The summed E-state index contributed by atoms with van der Waals surface area (Å²) in [6, 6.07) is 18.5. The molecule has 2 amide bonds. The van der Waals surface area contributed by atoms with Crippen molar-refractivity contribution >= 4 is 23.2 Å². The lowest BCUT2D eigenvalue weighted by atomic mass is 10.1. The van der Waals surface area contributed by atoms with E-state index in [0.717, 1.165) is 5.75 Å². The molecule has 0 radical (unpaired) electrons. The number of benzene rings is 3. The van der Waals surface area contributed by atoms with Crippen LogP contribution in [0.15, 0.2) is 66.7 Å². The van der Waals surface area contributed by atoms with E-state index < -0.39 is 5.82 Å². The van der Waals surface area contributed by atoms with Crippen LogP contribution in [-0.2, 0) is 11.3 Å². The predicted molar refractivity (Wildman–Crippen MR) is 130 cm³/mol. The van der Waals surface area contributed by atoms with Crippen LogP contribution < -0.4 is 20.1 Å². The highest BCUT2D eigenvalue weighted by Gasteiger charge is 2.15. The van der Waals surface area contributed by atoms with Gasteiger partial charge in [-0.1, -0.05) is 18.2 Å². The molecule has 34 heavy (non-hydrogen) atoms. The predicted octanol–water partition coefficient (Wildman–Crippen LogP) is 4.56. The topological polar surface area (TPSA) is 79.9 Å². The lowest BCUT2D eigenvalue weighted by Gasteiger charge is -2.18. The Balaban J connectivity index is 1.60. The first kappa shape index (κ1) is 24.7. The van der Waals surface area contributed by atoms with Crippen molar-refractivity contribution in [1.82, 2.24) is 4.90 Å². The number of halogens is 1. The fraction of sp³-hybridized carbons (Fsp3) is 0.231. The Hall–Kier alpha value is -3.91. The Morgan fingerprint density at radius 1 is 1.00 bits per heavy atom. The number of para-hydroxylation sites is 1. The fourth-order valence-electron chi connectivity index (χ4n) is 3.40. The molecule has 0 saturated heterocycles. The number of likely N-dealkylation sites (N-methyl/N-ethyl adjacent to an activating group) is 1. The number of amides is 2. The van der Waals surface area contributed by atoms with E-state index in [-0.39, 0.29) is 24.1 Å². The summed E-state index contributed by atoms with van der Waals surface area (Å²) in [6.45, 7) is 2.89. The molecular weight excluding hydrogens is 437 g/mol. The molecule has 3 aromatic carbocycles. The first-order chi connectivity index (χ1) is 16.4. The van der Waals surface area contributed by atoms with Crippen LogP contribution in [0, 0.1) is 5.82 Å². The number of hydrogen-bond donors (Lipinski definition) is 2. The highest BCUT2D eigenvalue weighted by atomic mass is 19.1. The van der Waals surface area contributed by atoms with Gasteiger partial charge in [0.25, 0.3) is 5.91 Å². The number of carbonyl (C=O) groups is 2. The van der Waals surface area contributed by atoms with Gasteiger partial charge in [0.2, 0.25) is 5.91 Å². The third kappa shape index (κ3) is 6.79. The minimum absolute atomic E-state index is 0.0580. The van der Waals surface area contributed by atoms with Gasteiger partial charge in [-0.05, 0) is 68.1 Å². The zero-order chi connectivity index (χ0) is 24.5. The lowest BCUT2D eigenvalue weighted by Crippen LogP contribution is -2.30. The van der Waals surface area contributed by atoms with Crippen molar-refractivity contribution in [3.8, 4) is 11.5 Å². The Morgan fingerprint density at radius 3 is 2.41 bits per heavy atom. The van der Waals surface area contributed by atoms with Crippen LogP contribution in [-0.4, -0.2) is 44.0 Å². The summed E-state index contributed by atoms with van der Waals surface area (Å²) in [5.74, 6) is -0.204. The van der Waals surface area contributed by atoms with Gasteiger partial charge in [0.1, 0.15) is 5.75 Å². The molecule has 0 aliphatic heterocycles. The SMILES string of the molecule is CCOc1ccc(NC(=O)c2ccccc2NC(=O)CN(C)Cc2ccc(OC)c(F)c2)cc1. The first-order valence-corrected chi connectivity index (χ1v) is 10.8. The Morgan fingerprint density at radius 2 is 1.74 bits per heavy atom. The molecule has 0 aliphatic rings. The largest absolute Gasteiger partial charge is 0.494 e. The molecule has 8 heteroatoms. The Labute approximate surface area is 198 Å². The molecule has 7 nitrogen and oxygen atoms in total. The van der Waals surface area contributed by atoms with Crippen molar-refractivity contribution in [1.29, 1.82) is 0 Å². The molecule has 0 heterocycles. The maximum atomic E-state index is 13.9. The van der Waals surface area contributed by atoms with Crippen LogP contribution in [0.25, 0.3) is 0 Å². The molecule has 0 spiro atoms. The second-order valence-corrected chi connectivity index (χ2v) is 7.65. The molecule has 0 aromatic heterocycles. The van der Waals surface area contributed by atoms with E-state index in [1.54, 1.807) is 72.6 Å². The van der Waals surface area contributed by atoms with Crippen LogP contribution in [0.1, 0.15) is 22.8 Å². The molecule has 0 bridgehead atoms. The van der Waals surface area contributed by atoms with E-state index in [2.05, 4.69) is 10.6 Å². The molecule has 0 fully saturated rings. The molecule has 0 unspecified atom stereocenters. The van der Waals surface area contributed by atoms with Gasteiger partial charge in [-0.2, -0.15) is 0 Å². The quantitative estimate of drug-likeness (QED) is 0.459. The minimum Gasteiger partial charge on any atom is -0.494 e. The summed E-state index contributed by atoms with van der Waals surface area (Å²) in [7, 11) is 3.16. The first-order valence-electron chi connectivity index (χ1n) is 10.8. The molecule has 2 N–H and O–H groups in total. The number of anilines is 2. The van der Waals surface area contributed by atoms with Crippen LogP contribution in [0.2, 0.25) is 0 Å². The average molecular weight is 466 g/mol. The molecule has 0 aliphatic carbocycles. The van der Waals surface area contributed by atoms with Crippen LogP contribution in [0.5, 0.6) is 11.5 Å². The van der Waals surface area contributed by atoms with Gasteiger partial charge >= 0.3 is 0 Å². The van der Waals surface area contributed by atoms with E-state index in [9.17, 15) is 14.0 Å².